The predicted octanol–water partition coefficient (Wildman–Crippen LogP) is 2.97. The van der Waals surface area contributed by atoms with Gasteiger partial charge in [0.2, 0.25) is 0 Å². The largest absolute Gasteiger partial charge is 0.298 e. The molecule has 0 aliphatic carbocycles. The summed E-state index contributed by atoms with van der Waals surface area (Å²) in [5.41, 5.74) is 2.83. The molecule has 1 nitrogen and oxygen atoms in total. The molecule has 1 fully saturated rings. The number of hydrogen-bond acceptors (Lipinski definition) is 2. The lowest BCUT2D eigenvalue weighted by Gasteiger charge is -2.11. The van der Waals surface area contributed by atoms with Crippen molar-refractivity contribution in [1.82, 2.24) is 5.32 Å². The second-order valence-electron chi connectivity index (χ2n) is 3.88. The van der Waals surface area contributed by atoms with E-state index < -0.39 is 0 Å². The summed E-state index contributed by atoms with van der Waals surface area (Å²) in [6.07, 6.45) is 1.13. The zero-order valence-corrected chi connectivity index (χ0v) is 9.60. The fourth-order valence-corrected chi connectivity index (χ4v) is 2.97. The number of hydrogen-bond donors (Lipinski definition) is 1. The van der Waals surface area contributed by atoms with Crippen LogP contribution in [0.15, 0.2) is 24.3 Å². The summed E-state index contributed by atoms with van der Waals surface area (Å²) in [6.45, 7) is 4.44. The molecule has 0 amide bonds. The van der Waals surface area contributed by atoms with Gasteiger partial charge < -0.3 is 0 Å². The Morgan fingerprint density at radius 3 is 2.57 bits per heavy atom. The van der Waals surface area contributed by atoms with Gasteiger partial charge in [-0.2, -0.15) is 0 Å². The summed E-state index contributed by atoms with van der Waals surface area (Å²) in [7, 11) is 0. The van der Waals surface area contributed by atoms with Crippen molar-refractivity contribution in [3.05, 3.63) is 35.4 Å². The average molecular weight is 207 g/mol. The van der Waals surface area contributed by atoms with Gasteiger partial charge >= 0.3 is 0 Å². The lowest BCUT2D eigenvalue weighted by molar-refractivity contribution is 0.618. The first-order valence-electron chi connectivity index (χ1n) is 5.26. The van der Waals surface area contributed by atoms with Gasteiger partial charge in [-0.1, -0.05) is 31.2 Å². The Morgan fingerprint density at radius 2 is 2.07 bits per heavy atom. The number of nitrogens with one attached hydrogen (secondary N) is 1. The van der Waals surface area contributed by atoms with Crippen molar-refractivity contribution in [1.29, 1.82) is 0 Å². The van der Waals surface area contributed by atoms with Crippen LogP contribution in [0.25, 0.3) is 0 Å². The molecule has 2 rings (SSSR count). The third-order valence-electron chi connectivity index (χ3n) is 2.64. The molecule has 1 aliphatic rings. The maximum absolute atomic E-state index is 3.57. The molecule has 76 valence electrons. The summed E-state index contributed by atoms with van der Waals surface area (Å²) in [6, 6.07) is 9.63. The van der Waals surface area contributed by atoms with E-state index >= 15 is 0 Å². The highest BCUT2D eigenvalue weighted by atomic mass is 32.2. The summed E-state index contributed by atoms with van der Waals surface area (Å²) >= 11 is 2.01. The average Bonchev–Trinajstić information content (AvgIpc) is 2.65. The van der Waals surface area contributed by atoms with E-state index in [0.29, 0.717) is 11.4 Å². The van der Waals surface area contributed by atoms with Crippen molar-refractivity contribution in [2.75, 3.05) is 5.75 Å². The van der Waals surface area contributed by atoms with E-state index in [2.05, 4.69) is 43.4 Å². The Balaban J connectivity index is 2.09. The van der Waals surface area contributed by atoms with Gasteiger partial charge in [0, 0.05) is 11.8 Å². The van der Waals surface area contributed by atoms with E-state index in [1.165, 1.54) is 16.9 Å². The SMILES string of the molecule is CCc1ccc(C2NC(C)CS2)cc1. The first-order chi connectivity index (χ1) is 6.79. The molecule has 1 N–H and O–H groups in total. The van der Waals surface area contributed by atoms with Crippen LogP contribution in [-0.2, 0) is 6.42 Å². The Kier molecular flexibility index (Phi) is 3.14. The van der Waals surface area contributed by atoms with Crippen LogP contribution in [0, 0.1) is 0 Å². The summed E-state index contributed by atoms with van der Waals surface area (Å²) in [5.74, 6) is 1.22. The van der Waals surface area contributed by atoms with Crippen LogP contribution < -0.4 is 5.32 Å². The van der Waals surface area contributed by atoms with Crippen LogP contribution in [0.5, 0.6) is 0 Å². The van der Waals surface area contributed by atoms with E-state index in [0.717, 1.165) is 6.42 Å². The minimum atomic E-state index is 0.510. The molecule has 2 atom stereocenters. The fraction of sp³-hybridized carbons (Fsp3) is 0.500. The highest BCUT2D eigenvalue weighted by Crippen LogP contribution is 2.32. The zero-order valence-electron chi connectivity index (χ0n) is 8.79. The molecular formula is C12H17NS. The van der Waals surface area contributed by atoms with Crippen molar-refractivity contribution < 1.29 is 0 Å². The fourth-order valence-electron chi connectivity index (χ4n) is 1.72. The lowest BCUT2D eigenvalue weighted by atomic mass is 10.1. The van der Waals surface area contributed by atoms with Gasteiger partial charge in [0.15, 0.2) is 0 Å². The molecule has 1 aliphatic heterocycles. The molecule has 1 aromatic carbocycles. The molecule has 0 spiro atoms. The Hall–Kier alpha value is -0.470. The zero-order chi connectivity index (χ0) is 9.97. The van der Waals surface area contributed by atoms with Crippen LogP contribution in [0.1, 0.15) is 30.3 Å². The number of thioether (sulfide) groups is 1. The molecular weight excluding hydrogens is 190 g/mol. The highest BCUT2D eigenvalue weighted by Gasteiger charge is 2.21. The normalized spacial score (nSPS) is 26.7. The minimum absolute atomic E-state index is 0.510. The van der Waals surface area contributed by atoms with Crippen molar-refractivity contribution in [2.24, 2.45) is 0 Å². The van der Waals surface area contributed by atoms with Gasteiger partial charge in [0.25, 0.3) is 0 Å². The monoisotopic (exact) mass is 207 g/mol. The van der Waals surface area contributed by atoms with E-state index in [4.69, 9.17) is 0 Å². The van der Waals surface area contributed by atoms with Crippen LogP contribution in [-0.4, -0.2) is 11.8 Å². The summed E-state index contributed by atoms with van der Waals surface area (Å²) in [5, 5.41) is 4.08. The summed E-state index contributed by atoms with van der Waals surface area (Å²) in [4.78, 5) is 0. The van der Waals surface area contributed by atoms with Gasteiger partial charge in [-0.25, -0.2) is 0 Å². The third kappa shape index (κ3) is 2.12. The summed E-state index contributed by atoms with van der Waals surface area (Å²) < 4.78 is 0. The molecule has 2 heteroatoms. The first kappa shape index (κ1) is 10.1. The van der Waals surface area contributed by atoms with Crippen LogP contribution >= 0.6 is 11.8 Å². The molecule has 0 saturated carbocycles. The van der Waals surface area contributed by atoms with Crippen molar-refractivity contribution >= 4 is 11.8 Å². The predicted molar refractivity (Wildman–Crippen MR) is 63.6 cm³/mol. The Bertz CT molecular complexity index is 294. The van der Waals surface area contributed by atoms with Crippen LogP contribution in [0.4, 0.5) is 0 Å². The minimum Gasteiger partial charge on any atom is -0.298 e. The molecule has 1 saturated heterocycles. The number of benzene rings is 1. The molecule has 0 bridgehead atoms. The quantitative estimate of drug-likeness (QED) is 0.800. The molecule has 1 heterocycles. The van der Waals surface area contributed by atoms with Gasteiger partial charge in [-0.3, -0.25) is 5.32 Å². The van der Waals surface area contributed by atoms with Gasteiger partial charge in [0.05, 0.1) is 5.37 Å². The second kappa shape index (κ2) is 4.37. The molecule has 1 aromatic rings. The second-order valence-corrected chi connectivity index (χ2v) is 5.01. The molecule has 0 radical (unpaired) electrons. The molecule has 2 unspecified atom stereocenters. The van der Waals surface area contributed by atoms with Gasteiger partial charge in [-0.15, -0.1) is 11.8 Å². The number of rotatable bonds is 2. The first-order valence-corrected chi connectivity index (χ1v) is 6.31. The van der Waals surface area contributed by atoms with Crippen LogP contribution in [0.3, 0.4) is 0 Å². The third-order valence-corrected chi connectivity index (χ3v) is 4.07. The van der Waals surface area contributed by atoms with Crippen molar-refractivity contribution in [3.63, 3.8) is 0 Å². The van der Waals surface area contributed by atoms with E-state index in [1.54, 1.807) is 0 Å². The highest BCUT2D eigenvalue weighted by molar-refractivity contribution is 7.99. The van der Waals surface area contributed by atoms with E-state index in [9.17, 15) is 0 Å². The standard InChI is InChI=1S/C12H17NS/c1-3-10-4-6-11(7-5-10)12-13-9(2)8-14-12/h4-7,9,12-13H,3,8H2,1-2H3. The van der Waals surface area contributed by atoms with Gasteiger partial charge in [-0.05, 0) is 24.5 Å². The van der Waals surface area contributed by atoms with Gasteiger partial charge in [0.1, 0.15) is 0 Å². The maximum atomic E-state index is 3.57. The van der Waals surface area contributed by atoms with Crippen LogP contribution in [0.2, 0.25) is 0 Å². The topological polar surface area (TPSA) is 12.0 Å². The van der Waals surface area contributed by atoms with Crippen molar-refractivity contribution in [3.8, 4) is 0 Å². The molecule has 14 heavy (non-hydrogen) atoms. The smallest absolute Gasteiger partial charge is 0.0792 e. The van der Waals surface area contributed by atoms with Crippen molar-refractivity contribution in [2.45, 2.75) is 31.7 Å². The number of aryl methyl sites for hydroxylation is 1. The molecule has 0 aromatic heterocycles. The lowest BCUT2D eigenvalue weighted by Crippen LogP contribution is -2.21. The maximum Gasteiger partial charge on any atom is 0.0792 e. The Labute approximate surface area is 90.3 Å². The Morgan fingerprint density at radius 1 is 1.36 bits per heavy atom. The van der Waals surface area contributed by atoms with E-state index in [-0.39, 0.29) is 0 Å². The van der Waals surface area contributed by atoms with E-state index in [1.807, 2.05) is 11.8 Å².